The Morgan fingerprint density at radius 1 is 1.50 bits per heavy atom. The van der Waals surface area contributed by atoms with E-state index in [2.05, 4.69) is 9.71 Å². The van der Waals surface area contributed by atoms with Crippen molar-refractivity contribution in [2.24, 2.45) is 5.92 Å². The molecule has 1 N–H and O–H groups in total. The number of nitrogens with one attached hydrogen (secondary N) is 1. The Bertz CT molecular complexity index is 547. The van der Waals surface area contributed by atoms with Crippen LogP contribution in [0.3, 0.4) is 0 Å². The molecule has 1 aromatic heterocycles. The van der Waals surface area contributed by atoms with Crippen molar-refractivity contribution in [3.8, 4) is 6.07 Å². The second-order valence-corrected chi connectivity index (χ2v) is 6.02. The van der Waals surface area contributed by atoms with Gasteiger partial charge in [-0.05, 0) is 24.5 Å². The average Bonchev–Trinajstić information content (AvgIpc) is 2.35. The molecule has 0 spiro atoms. The number of rotatable bonds is 5. The van der Waals surface area contributed by atoms with Gasteiger partial charge in [0.05, 0.1) is 0 Å². The van der Waals surface area contributed by atoms with Crippen molar-refractivity contribution in [1.29, 1.82) is 5.26 Å². The largest absolute Gasteiger partial charge is 0.244 e. The Hall–Kier alpha value is -1.45. The summed E-state index contributed by atoms with van der Waals surface area (Å²) in [4.78, 5) is 3.70. The minimum atomic E-state index is -3.69. The maximum Gasteiger partial charge on any atom is 0.243 e. The zero-order valence-electron chi connectivity index (χ0n) is 10.7. The van der Waals surface area contributed by atoms with Crippen molar-refractivity contribution >= 4 is 10.0 Å². The number of sulfonamides is 1. The fourth-order valence-electron chi connectivity index (χ4n) is 1.64. The number of aromatic nitrogens is 1. The molecule has 18 heavy (non-hydrogen) atoms. The van der Waals surface area contributed by atoms with Crippen molar-refractivity contribution < 1.29 is 8.42 Å². The number of pyridine rings is 1. The second kappa shape index (κ2) is 5.94. The van der Waals surface area contributed by atoms with Gasteiger partial charge in [-0.25, -0.2) is 18.1 Å². The molecule has 0 aliphatic carbocycles. The van der Waals surface area contributed by atoms with Gasteiger partial charge in [0.15, 0.2) is 5.69 Å². The summed E-state index contributed by atoms with van der Waals surface area (Å²) in [5.41, 5.74) is -0.0800. The molecule has 0 bridgehead atoms. The fourth-order valence-corrected chi connectivity index (χ4v) is 3.22. The highest BCUT2D eigenvalue weighted by atomic mass is 32.2. The normalized spacial score (nSPS) is 13.3. The summed E-state index contributed by atoms with van der Waals surface area (Å²) in [5.74, 6) is 0.187. The molecule has 0 saturated heterocycles. The molecule has 1 rings (SSSR count). The molecule has 0 fully saturated rings. The number of hydrogen-bond donors (Lipinski definition) is 1. The third-order valence-electron chi connectivity index (χ3n) is 2.72. The van der Waals surface area contributed by atoms with Crippen LogP contribution in [0.15, 0.2) is 23.2 Å². The van der Waals surface area contributed by atoms with E-state index in [-0.39, 0.29) is 22.5 Å². The van der Waals surface area contributed by atoms with E-state index in [1.807, 2.05) is 20.8 Å². The highest BCUT2D eigenvalue weighted by molar-refractivity contribution is 7.89. The van der Waals surface area contributed by atoms with Gasteiger partial charge in [0.1, 0.15) is 11.0 Å². The van der Waals surface area contributed by atoms with Gasteiger partial charge in [-0.2, -0.15) is 5.26 Å². The van der Waals surface area contributed by atoms with E-state index < -0.39 is 10.0 Å². The van der Waals surface area contributed by atoms with Gasteiger partial charge in [-0.1, -0.05) is 20.8 Å². The highest BCUT2D eigenvalue weighted by Gasteiger charge is 2.24. The van der Waals surface area contributed by atoms with Crippen molar-refractivity contribution in [2.75, 3.05) is 0 Å². The van der Waals surface area contributed by atoms with E-state index in [9.17, 15) is 8.42 Å². The van der Waals surface area contributed by atoms with Crippen molar-refractivity contribution in [2.45, 2.75) is 38.1 Å². The van der Waals surface area contributed by atoms with E-state index in [4.69, 9.17) is 5.26 Å². The Kier molecular flexibility index (Phi) is 4.82. The van der Waals surface area contributed by atoms with Crippen LogP contribution in [-0.4, -0.2) is 19.4 Å². The Balaban J connectivity index is 3.11. The molecule has 0 aliphatic rings. The fraction of sp³-hybridized carbons (Fsp3) is 0.500. The first-order valence-corrected chi connectivity index (χ1v) is 7.28. The van der Waals surface area contributed by atoms with Crippen molar-refractivity contribution in [1.82, 2.24) is 9.71 Å². The predicted octanol–water partition coefficient (Wildman–Crippen LogP) is 1.67. The third kappa shape index (κ3) is 3.28. The summed E-state index contributed by atoms with van der Waals surface area (Å²) in [6.07, 6.45) is 2.09. The first-order chi connectivity index (χ1) is 8.42. The lowest BCUT2D eigenvalue weighted by Crippen LogP contribution is -2.38. The monoisotopic (exact) mass is 267 g/mol. The van der Waals surface area contributed by atoms with Gasteiger partial charge in [0.2, 0.25) is 10.0 Å². The van der Waals surface area contributed by atoms with Gasteiger partial charge in [-0.15, -0.1) is 0 Å². The number of hydrogen-bond acceptors (Lipinski definition) is 4. The third-order valence-corrected chi connectivity index (χ3v) is 4.24. The van der Waals surface area contributed by atoms with Gasteiger partial charge < -0.3 is 0 Å². The molecule has 1 heterocycles. The molecular formula is C12H17N3O2S. The van der Waals surface area contributed by atoms with Crippen molar-refractivity contribution in [3.63, 3.8) is 0 Å². The van der Waals surface area contributed by atoms with Crippen LogP contribution in [0.2, 0.25) is 0 Å². The second-order valence-electron chi connectivity index (χ2n) is 4.34. The van der Waals surface area contributed by atoms with Crippen LogP contribution in [0.25, 0.3) is 0 Å². The smallest absolute Gasteiger partial charge is 0.243 e. The molecular weight excluding hydrogens is 250 g/mol. The van der Waals surface area contributed by atoms with Crippen LogP contribution in [0.4, 0.5) is 0 Å². The van der Waals surface area contributed by atoms with Gasteiger partial charge in [-0.3, -0.25) is 0 Å². The van der Waals surface area contributed by atoms with E-state index in [0.717, 1.165) is 0 Å². The molecule has 0 amide bonds. The maximum atomic E-state index is 12.2. The van der Waals surface area contributed by atoms with Crippen LogP contribution >= 0.6 is 0 Å². The number of nitriles is 1. The minimum absolute atomic E-state index is 0.0633. The quantitative estimate of drug-likeness (QED) is 0.879. The molecule has 0 aromatic carbocycles. The summed E-state index contributed by atoms with van der Waals surface area (Å²) < 4.78 is 27.0. The standard InChI is InChI=1S/C12H17N3O2S/c1-4-10(9(2)3)15-18(16,17)12-6-5-7-14-11(12)8-13/h5-7,9-10,15H,4H2,1-3H3. The summed E-state index contributed by atoms with van der Waals surface area (Å²) in [6.45, 7) is 5.82. The Morgan fingerprint density at radius 3 is 2.67 bits per heavy atom. The van der Waals surface area contributed by atoms with E-state index in [1.165, 1.54) is 18.3 Å². The molecule has 1 atom stereocenters. The van der Waals surface area contributed by atoms with E-state index in [0.29, 0.717) is 6.42 Å². The molecule has 0 radical (unpaired) electrons. The van der Waals surface area contributed by atoms with Crippen molar-refractivity contribution in [3.05, 3.63) is 24.0 Å². The topological polar surface area (TPSA) is 82.8 Å². The lowest BCUT2D eigenvalue weighted by atomic mass is 10.0. The maximum absolute atomic E-state index is 12.2. The minimum Gasteiger partial charge on any atom is -0.244 e. The summed E-state index contributed by atoms with van der Waals surface area (Å²) in [5, 5.41) is 8.88. The Morgan fingerprint density at radius 2 is 2.17 bits per heavy atom. The zero-order chi connectivity index (χ0) is 13.8. The number of nitrogens with zero attached hydrogens (tertiary/aromatic N) is 2. The first-order valence-electron chi connectivity index (χ1n) is 5.79. The SMILES string of the molecule is CCC(NS(=O)(=O)c1cccnc1C#N)C(C)C. The predicted molar refractivity (Wildman–Crippen MR) is 68.2 cm³/mol. The molecule has 98 valence electrons. The summed E-state index contributed by atoms with van der Waals surface area (Å²) in [6, 6.07) is 4.54. The average molecular weight is 267 g/mol. The van der Waals surface area contributed by atoms with Gasteiger partial charge >= 0.3 is 0 Å². The molecule has 1 aromatic rings. The molecule has 0 saturated carbocycles. The summed E-state index contributed by atoms with van der Waals surface area (Å²) in [7, 11) is -3.69. The van der Waals surface area contributed by atoms with Crippen LogP contribution in [0.1, 0.15) is 32.9 Å². The van der Waals surface area contributed by atoms with Crippen LogP contribution in [-0.2, 0) is 10.0 Å². The zero-order valence-corrected chi connectivity index (χ0v) is 11.5. The Labute approximate surface area is 108 Å². The lowest BCUT2D eigenvalue weighted by Gasteiger charge is -2.20. The highest BCUT2D eigenvalue weighted by Crippen LogP contribution is 2.15. The van der Waals surface area contributed by atoms with Gasteiger partial charge in [0, 0.05) is 12.2 Å². The first kappa shape index (κ1) is 14.6. The van der Waals surface area contributed by atoms with E-state index >= 15 is 0 Å². The summed E-state index contributed by atoms with van der Waals surface area (Å²) >= 11 is 0. The van der Waals surface area contributed by atoms with Crippen LogP contribution < -0.4 is 4.72 Å². The molecule has 5 nitrogen and oxygen atoms in total. The molecule has 0 aliphatic heterocycles. The molecule has 1 unspecified atom stereocenters. The van der Waals surface area contributed by atoms with E-state index in [1.54, 1.807) is 6.07 Å². The lowest BCUT2D eigenvalue weighted by molar-refractivity contribution is 0.437. The van der Waals surface area contributed by atoms with Crippen LogP contribution in [0, 0.1) is 17.2 Å². The molecule has 6 heteroatoms. The van der Waals surface area contributed by atoms with Crippen LogP contribution in [0.5, 0.6) is 0 Å². The van der Waals surface area contributed by atoms with Gasteiger partial charge in [0.25, 0.3) is 0 Å².